The topological polar surface area (TPSA) is 79.4 Å². The van der Waals surface area contributed by atoms with Gasteiger partial charge in [-0.15, -0.1) is 0 Å². The Hall–Kier alpha value is -2.95. The van der Waals surface area contributed by atoms with Crippen LogP contribution in [0.1, 0.15) is 17.2 Å². The zero-order chi connectivity index (χ0) is 20.6. The number of cyclic esters (lactones) is 1. The molecular formula is C18H17F4N5O2. The number of hydrogen-bond donors (Lipinski definition) is 2. The Balaban J connectivity index is 1.87. The molecular weight excluding hydrogens is 394 g/mol. The van der Waals surface area contributed by atoms with Crippen LogP contribution >= 0.6 is 0 Å². The van der Waals surface area contributed by atoms with Gasteiger partial charge in [-0.1, -0.05) is 0 Å². The standard InChI is InChI=1S/C18H17F4N5O2/c19-9-13-15-11(1-2-24-16(15)26-17(28)29-13)12-7-10(18(20,21)22)8-14(25-12)27-5-3-23-4-6-27/h1-2,7-8,13,23H,3-6,9H2,(H,24,26,28)/t13-/m0/s1. The van der Waals surface area contributed by atoms with Gasteiger partial charge in [0.15, 0.2) is 6.10 Å². The molecule has 0 aromatic carbocycles. The van der Waals surface area contributed by atoms with E-state index >= 15 is 0 Å². The predicted octanol–water partition coefficient (Wildman–Crippen LogP) is 3.14. The van der Waals surface area contributed by atoms with E-state index in [0.29, 0.717) is 26.2 Å². The Morgan fingerprint density at radius 3 is 2.69 bits per heavy atom. The highest BCUT2D eigenvalue weighted by Crippen LogP contribution is 2.40. The lowest BCUT2D eigenvalue weighted by molar-refractivity contribution is -0.137. The number of piperazine rings is 1. The number of amides is 1. The highest BCUT2D eigenvalue weighted by molar-refractivity contribution is 5.89. The van der Waals surface area contributed by atoms with Crippen LogP contribution in [0, 0.1) is 0 Å². The van der Waals surface area contributed by atoms with Crippen LogP contribution < -0.4 is 15.5 Å². The minimum Gasteiger partial charge on any atom is -0.438 e. The summed E-state index contributed by atoms with van der Waals surface area (Å²) in [5.41, 5.74) is -0.475. The van der Waals surface area contributed by atoms with Gasteiger partial charge in [-0.2, -0.15) is 13.2 Å². The molecule has 29 heavy (non-hydrogen) atoms. The quantitative estimate of drug-likeness (QED) is 0.756. The van der Waals surface area contributed by atoms with Gasteiger partial charge in [0.2, 0.25) is 0 Å². The number of nitrogens with one attached hydrogen (secondary N) is 2. The van der Waals surface area contributed by atoms with E-state index in [9.17, 15) is 22.4 Å². The summed E-state index contributed by atoms with van der Waals surface area (Å²) >= 11 is 0. The van der Waals surface area contributed by atoms with E-state index in [1.54, 1.807) is 4.90 Å². The molecule has 2 N–H and O–H groups in total. The van der Waals surface area contributed by atoms with Gasteiger partial charge in [0, 0.05) is 43.5 Å². The second-order valence-corrected chi connectivity index (χ2v) is 6.63. The molecule has 11 heteroatoms. The molecule has 2 aliphatic heterocycles. The van der Waals surface area contributed by atoms with E-state index in [1.165, 1.54) is 12.3 Å². The molecule has 0 bridgehead atoms. The largest absolute Gasteiger partial charge is 0.438 e. The molecule has 2 aromatic rings. The Labute approximate surface area is 163 Å². The van der Waals surface area contributed by atoms with Crippen LogP contribution in [0.25, 0.3) is 11.3 Å². The Morgan fingerprint density at radius 2 is 2.00 bits per heavy atom. The van der Waals surface area contributed by atoms with Crippen molar-refractivity contribution in [1.82, 2.24) is 15.3 Å². The third-order valence-corrected chi connectivity index (χ3v) is 4.78. The normalized spacial score (nSPS) is 19.4. The van der Waals surface area contributed by atoms with Crippen molar-refractivity contribution in [3.8, 4) is 11.3 Å². The molecule has 7 nitrogen and oxygen atoms in total. The maximum atomic E-state index is 13.6. The van der Waals surface area contributed by atoms with Gasteiger partial charge in [0.25, 0.3) is 0 Å². The number of rotatable bonds is 3. The van der Waals surface area contributed by atoms with Crippen LogP contribution in [0.3, 0.4) is 0 Å². The van der Waals surface area contributed by atoms with Gasteiger partial charge >= 0.3 is 12.3 Å². The van der Waals surface area contributed by atoms with Crippen molar-refractivity contribution in [3.05, 3.63) is 35.5 Å². The Kier molecular flexibility index (Phi) is 4.99. The first-order valence-corrected chi connectivity index (χ1v) is 8.94. The summed E-state index contributed by atoms with van der Waals surface area (Å²) in [4.78, 5) is 21.7. The average molecular weight is 411 g/mol. The second-order valence-electron chi connectivity index (χ2n) is 6.63. The van der Waals surface area contributed by atoms with E-state index in [2.05, 4.69) is 20.6 Å². The zero-order valence-electron chi connectivity index (χ0n) is 15.1. The van der Waals surface area contributed by atoms with Crippen molar-refractivity contribution in [2.45, 2.75) is 12.3 Å². The molecule has 1 atom stereocenters. The number of hydrogen-bond acceptors (Lipinski definition) is 6. The van der Waals surface area contributed by atoms with Crippen molar-refractivity contribution < 1.29 is 27.1 Å². The summed E-state index contributed by atoms with van der Waals surface area (Å²) in [5, 5.41) is 5.49. The van der Waals surface area contributed by atoms with E-state index in [1.807, 2.05) is 0 Å². The first-order chi connectivity index (χ1) is 13.9. The third kappa shape index (κ3) is 3.82. The Morgan fingerprint density at radius 1 is 1.24 bits per heavy atom. The molecule has 0 spiro atoms. The van der Waals surface area contributed by atoms with Gasteiger partial charge in [0.05, 0.1) is 11.3 Å². The van der Waals surface area contributed by atoms with Crippen molar-refractivity contribution in [2.75, 3.05) is 43.1 Å². The molecule has 1 saturated heterocycles. The van der Waals surface area contributed by atoms with Crippen LogP contribution in [0.15, 0.2) is 24.4 Å². The van der Waals surface area contributed by atoms with Crippen molar-refractivity contribution >= 4 is 17.7 Å². The summed E-state index contributed by atoms with van der Waals surface area (Å²) < 4.78 is 59.1. The fourth-order valence-corrected chi connectivity index (χ4v) is 3.42. The number of pyridine rings is 2. The minimum atomic E-state index is -4.59. The van der Waals surface area contributed by atoms with Gasteiger partial charge in [-0.25, -0.2) is 19.2 Å². The number of nitrogens with zero attached hydrogens (tertiary/aromatic N) is 3. The summed E-state index contributed by atoms with van der Waals surface area (Å²) in [6.45, 7) is 1.23. The van der Waals surface area contributed by atoms with Gasteiger partial charge in [0.1, 0.15) is 18.3 Å². The summed E-state index contributed by atoms with van der Waals surface area (Å²) in [6.07, 6.45) is -5.41. The number of carbonyl (C=O) groups is 1. The van der Waals surface area contributed by atoms with E-state index in [0.717, 1.165) is 12.1 Å². The van der Waals surface area contributed by atoms with E-state index in [-0.39, 0.29) is 28.5 Å². The lowest BCUT2D eigenvalue weighted by Gasteiger charge is -2.30. The van der Waals surface area contributed by atoms with Crippen LogP contribution in [0.4, 0.5) is 34.0 Å². The molecule has 2 aliphatic rings. The van der Waals surface area contributed by atoms with Crippen LogP contribution in [-0.2, 0) is 10.9 Å². The second kappa shape index (κ2) is 7.47. The maximum absolute atomic E-state index is 13.6. The molecule has 1 amide bonds. The number of aromatic nitrogens is 2. The molecule has 1 fully saturated rings. The predicted molar refractivity (Wildman–Crippen MR) is 96.4 cm³/mol. The number of anilines is 2. The van der Waals surface area contributed by atoms with Crippen molar-refractivity contribution in [1.29, 1.82) is 0 Å². The first-order valence-electron chi connectivity index (χ1n) is 8.94. The maximum Gasteiger partial charge on any atom is 0.416 e. The molecule has 154 valence electrons. The van der Waals surface area contributed by atoms with Crippen LogP contribution in [-0.4, -0.2) is 48.9 Å². The highest BCUT2D eigenvalue weighted by Gasteiger charge is 2.35. The molecule has 0 saturated carbocycles. The Bertz CT molecular complexity index is 931. The fourth-order valence-electron chi connectivity index (χ4n) is 3.42. The highest BCUT2D eigenvalue weighted by atomic mass is 19.4. The fraction of sp³-hybridized carbons (Fsp3) is 0.389. The number of carbonyl (C=O) groups excluding carboxylic acids is 1. The van der Waals surface area contributed by atoms with Gasteiger partial charge in [-0.05, 0) is 18.2 Å². The molecule has 4 heterocycles. The molecule has 0 radical (unpaired) electrons. The molecule has 2 aromatic heterocycles. The summed E-state index contributed by atoms with van der Waals surface area (Å²) in [6, 6.07) is 3.35. The summed E-state index contributed by atoms with van der Waals surface area (Å²) in [5.74, 6) is 0.226. The minimum absolute atomic E-state index is 0.00482. The third-order valence-electron chi connectivity index (χ3n) is 4.78. The number of halogens is 4. The first kappa shape index (κ1) is 19.4. The molecule has 4 rings (SSSR count). The number of fused-ring (bicyclic) bond motifs is 1. The van der Waals surface area contributed by atoms with Crippen LogP contribution in [0.2, 0.25) is 0 Å². The number of alkyl halides is 4. The SMILES string of the molecule is O=C1Nc2nccc(-c3cc(C(F)(F)F)cc(N4CCNCC4)n3)c2[C@H](CF)O1. The van der Waals surface area contributed by atoms with E-state index in [4.69, 9.17) is 4.74 Å². The average Bonchev–Trinajstić information content (AvgIpc) is 2.72. The lowest BCUT2D eigenvalue weighted by atomic mass is 9.99. The number of ether oxygens (including phenoxy) is 1. The summed E-state index contributed by atoms with van der Waals surface area (Å²) in [7, 11) is 0. The molecule has 0 aliphatic carbocycles. The smallest absolute Gasteiger partial charge is 0.416 e. The van der Waals surface area contributed by atoms with Crippen molar-refractivity contribution in [2.24, 2.45) is 0 Å². The van der Waals surface area contributed by atoms with Crippen molar-refractivity contribution in [3.63, 3.8) is 0 Å². The zero-order valence-corrected chi connectivity index (χ0v) is 15.1. The monoisotopic (exact) mass is 411 g/mol. The van der Waals surface area contributed by atoms with E-state index < -0.39 is 30.6 Å². The lowest BCUT2D eigenvalue weighted by Crippen LogP contribution is -2.44. The van der Waals surface area contributed by atoms with Gasteiger partial charge < -0.3 is 15.0 Å². The van der Waals surface area contributed by atoms with Gasteiger partial charge in [-0.3, -0.25) is 5.32 Å². The van der Waals surface area contributed by atoms with Crippen LogP contribution in [0.5, 0.6) is 0 Å². The molecule has 0 unspecified atom stereocenters.